The molecule has 9 heteroatoms. The van der Waals surface area contributed by atoms with Crippen LogP contribution in [0, 0.1) is 0 Å². The van der Waals surface area contributed by atoms with E-state index >= 15 is 0 Å². The molecule has 1 amide bonds. The normalized spacial score (nSPS) is 14.7. The second-order valence-electron chi connectivity index (χ2n) is 5.87. The summed E-state index contributed by atoms with van der Waals surface area (Å²) in [5, 5.41) is 14.0. The van der Waals surface area contributed by atoms with E-state index in [4.69, 9.17) is 0 Å². The lowest BCUT2D eigenvalue weighted by Crippen LogP contribution is -2.17. The molecule has 0 radical (unpaired) electrons. The van der Waals surface area contributed by atoms with Crippen molar-refractivity contribution >= 4 is 38.6 Å². The Morgan fingerprint density at radius 1 is 1.19 bits per heavy atom. The fourth-order valence-corrected chi connectivity index (χ4v) is 5.49. The molecule has 2 aromatic heterocycles. The molecule has 1 aromatic carbocycles. The first-order chi connectivity index (χ1) is 12.9. The lowest BCUT2D eigenvalue weighted by atomic mass is 10.0. The molecule has 0 unspecified atom stereocenters. The highest BCUT2D eigenvalue weighted by atomic mass is 32.2. The van der Waals surface area contributed by atoms with Gasteiger partial charge >= 0.3 is 0 Å². The summed E-state index contributed by atoms with van der Waals surface area (Å²) in [7, 11) is -3.76. The van der Waals surface area contributed by atoms with Crippen molar-refractivity contribution in [3.8, 4) is 5.75 Å². The fraction of sp³-hybridized carbons (Fsp3) is 0.0556. The summed E-state index contributed by atoms with van der Waals surface area (Å²) in [5.74, 6) is -1.81. The second kappa shape index (κ2) is 6.29. The predicted octanol–water partition coefficient (Wildman–Crippen LogP) is 2.62. The van der Waals surface area contributed by atoms with Crippen LogP contribution in [0.4, 0.5) is 5.69 Å². The summed E-state index contributed by atoms with van der Waals surface area (Å²) in [4.78, 5) is 29.5. The minimum Gasteiger partial charge on any atom is -0.505 e. The number of hydrogen-bond acceptors (Lipinski definition) is 7. The molecule has 27 heavy (non-hydrogen) atoms. The van der Waals surface area contributed by atoms with Gasteiger partial charge in [-0.3, -0.25) is 9.59 Å². The fourth-order valence-electron chi connectivity index (χ4n) is 2.93. The monoisotopic (exact) mass is 400 g/mol. The number of nitrogens with zero attached hydrogens (tertiary/aromatic N) is 1. The number of amides is 1. The van der Waals surface area contributed by atoms with E-state index in [1.165, 1.54) is 36.5 Å². The van der Waals surface area contributed by atoms with Gasteiger partial charge in [-0.1, -0.05) is 6.07 Å². The maximum Gasteiger partial charge on any atom is 0.278 e. The molecule has 3 heterocycles. The average Bonchev–Trinajstić information content (AvgIpc) is 3.05. The maximum atomic E-state index is 13.0. The number of thiophene rings is 1. The summed E-state index contributed by atoms with van der Waals surface area (Å²) >= 11 is 1.16. The molecule has 7 nitrogen and oxygen atoms in total. The van der Waals surface area contributed by atoms with Crippen LogP contribution in [-0.4, -0.2) is 30.2 Å². The lowest BCUT2D eigenvalue weighted by molar-refractivity contribution is 0.101. The Hall–Kier alpha value is -3.04. The van der Waals surface area contributed by atoms with Crippen molar-refractivity contribution in [3.05, 3.63) is 69.7 Å². The van der Waals surface area contributed by atoms with Gasteiger partial charge in [-0.15, -0.1) is 11.3 Å². The van der Waals surface area contributed by atoms with Crippen molar-refractivity contribution in [3.63, 3.8) is 0 Å². The summed E-state index contributed by atoms with van der Waals surface area (Å²) in [5.41, 5.74) is 0.191. The molecule has 2 N–H and O–H groups in total. The third kappa shape index (κ3) is 2.90. The number of aromatic nitrogens is 1. The lowest BCUT2D eigenvalue weighted by Gasteiger charge is -2.12. The van der Waals surface area contributed by atoms with Crippen molar-refractivity contribution in [1.29, 1.82) is 0 Å². The number of rotatable bonds is 2. The number of aromatic hydroxyl groups is 1. The number of hydrogen-bond donors (Lipinski definition) is 2. The zero-order valence-electron chi connectivity index (χ0n) is 13.7. The smallest absolute Gasteiger partial charge is 0.278 e. The maximum absolute atomic E-state index is 13.0. The largest absolute Gasteiger partial charge is 0.505 e. The molecule has 0 aliphatic carbocycles. The van der Waals surface area contributed by atoms with Crippen molar-refractivity contribution in [2.24, 2.45) is 0 Å². The summed E-state index contributed by atoms with van der Waals surface area (Å²) < 4.78 is 25.5. The van der Waals surface area contributed by atoms with Crippen LogP contribution in [0.25, 0.3) is 0 Å². The Morgan fingerprint density at radius 2 is 2.00 bits per heavy atom. The predicted molar refractivity (Wildman–Crippen MR) is 98.9 cm³/mol. The van der Waals surface area contributed by atoms with E-state index in [0.29, 0.717) is 10.4 Å². The number of carbonyl (C=O) groups is 2. The summed E-state index contributed by atoms with van der Waals surface area (Å²) in [6.45, 7) is 0. The molecular weight excluding hydrogens is 388 g/mol. The molecule has 0 spiro atoms. The van der Waals surface area contributed by atoms with Crippen molar-refractivity contribution in [1.82, 2.24) is 4.98 Å². The van der Waals surface area contributed by atoms with Crippen LogP contribution in [0.1, 0.15) is 31.3 Å². The Kier molecular flexibility index (Phi) is 4.05. The molecule has 0 bridgehead atoms. The molecule has 4 rings (SSSR count). The topological polar surface area (TPSA) is 113 Å². The molecule has 1 aliphatic heterocycles. The molecule has 0 atom stereocenters. The number of sulfone groups is 1. The SMILES string of the molecule is O=C(Nc1cccc2c1C(=O)c1sccc1CS2(=O)=O)c1ncccc1O. The highest BCUT2D eigenvalue weighted by Gasteiger charge is 2.33. The molecule has 3 aromatic rings. The molecule has 0 saturated heterocycles. The van der Waals surface area contributed by atoms with Crippen LogP contribution in [0.15, 0.2) is 52.9 Å². The van der Waals surface area contributed by atoms with Gasteiger partial charge in [0.1, 0.15) is 5.75 Å². The summed E-state index contributed by atoms with van der Waals surface area (Å²) in [6.07, 6.45) is 1.34. The highest BCUT2D eigenvalue weighted by Crippen LogP contribution is 2.36. The first kappa shape index (κ1) is 17.4. The quantitative estimate of drug-likeness (QED) is 0.684. The van der Waals surface area contributed by atoms with Gasteiger partial charge in [0.25, 0.3) is 5.91 Å². The first-order valence-electron chi connectivity index (χ1n) is 7.80. The molecular formula is C18H12N2O5S2. The van der Waals surface area contributed by atoms with Gasteiger partial charge in [0.05, 0.1) is 26.8 Å². The Labute approximate surface area is 158 Å². The minimum atomic E-state index is -3.76. The molecule has 0 fully saturated rings. The van der Waals surface area contributed by atoms with E-state index in [2.05, 4.69) is 10.3 Å². The minimum absolute atomic E-state index is 0.0531. The second-order valence-corrected chi connectivity index (χ2v) is 8.74. The Morgan fingerprint density at radius 3 is 2.78 bits per heavy atom. The number of benzene rings is 1. The van der Waals surface area contributed by atoms with Crippen LogP contribution in [0.3, 0.4) is 0 Å². The molecule has 0 saturated carbocycles. The molecule has 136 valence electrons. The van der Waals surface area contributed by atoms with Crippen LogP contribution < -0.4 is 5.32 Å². The summed E-state index contributed by atoms with van der Waals surface area (Å²) in [6, 6.07) is 8.65. The van der Waals surface area contributed by atoms with Crippen LogP contribution in [0.2, 0.25) is 0 Å². The number of ketones is 1. The standard InChI is InChI=1S/C18H12N2O5S2/c21-12-4-2-7-19-15(12)18(23)20-11-3-1-5-13-14(11)16(22)17-10(6-8-26-17)9-27(13,24)25/h1-8,21H,9H2,(H,20,23). The zero-order chi connectivity index (χ0) is 19.2. The van der Waals surface area contributed by atoms with E-state index in [0.717, 1.165) is 11.3 Å². The van der Waals surface area contributed by atoms with Gasteiger partial charge in [-0.2, -0.15) is 0 Å². The number of anilines is 1. The van der Waals surface area contributed by atoms with Gasteiger partial charge in [0.15, 0.2) is 15.5 Å². The van der Waals surface area contributed by atoms with Gasteiger partial charge < -0.3 is 10.4 Å². The first-order valence-corrected chi connectivity index (χ1v) is 10.3. The average molecular weight is 400 g/mol. The molecule has 1 aliphatic rings. The van der Waals surface area contributed by atoms with Crippen molar-refractivity contribution in [2.75, 3.05) is 5.32 Å². The van der Waals surface area contributed by atoms with Gasteiger partial charge in [-0.05, 0) is 41.3 Å². The van der Waals surface area contributed by atoms with E-state index < -0.39 is 21.5 Å². The van der Waals surface area contributed by atoms with Crippen LogP contribution >= 0.6 is 11.3 Å². The van der Waals surface area contributed by atoms with Gasteiger partial charge in [-0.25, -0.2) is 13.4 Å². The van der Waals surface area contributed by atoms with Gasteiger partial charge in [0, 0.05) is 6.20 Å². The van der Waals surface area contributed by atoms with Gasteiger partial charge in [0.2, 0.25) is 5.78 Å². The Bertz CT molecular complexity index is 1200. The number of carbonyl (C=O) groups excluding carboxylic acids is 2. The van der Waals surface area contributed by atoms with Crippen molar-refractivity contribution in [2.45, 2.75) is 10.6 Å². The number of fused-ring (bicyclic) bond motifs is 2. The van der Waals surface area contributed by atoms with E-state index in [-0.39, 0.29) is 33.3 Å². The number of pyridine rings is 1. The third-order valence-corrected chi connectivity index (χ3v) is 6.79. The highest BCUT2D eigenvalue weighted by molar-refractivity contribution is 7.90. The van der Waals surface area contributed by atoms with E-state index in [1.807, 2.05) is 0 Å². The van der Waals surface area contributed by atoms with Crippen molar-refractivity contribution < 1.29 is 23.1 Å². The van der Waals surface area contributed by atoms with Crippen LogP contribution in [-0.2, 0) is 15.6 Å². The third-order valence-electron chi connectivity index (χ3n) is 4.14. The van der Waals surface area contributed by atoms with E-state index in [9.17, 15) is 23.1 Å². The number of nitrogens with one attached hydrogen (secondary N) is 1. The Balaban J connectivity index is 1.86. The van der Waals surface area contributed by atoms with E-state index in [1.54, 1.807) is 11.4 Å². The van der Waals surface area contributed by atoms with Crippen LogP contribution in [0.5, 0.6) is 5.75 Å². The zero-order valence-corrected chi connectivity index (χ0v) is 15.3.